The van der Waals surface area contributed by atoms with Crippen LogP contribution in [-0.4, -0.2) is 40.9 Å². The first-order valence-electron chi connectivity index (χ1n) is 11.9. The summed E-state index contributed by atoms with van der Waals surface area (Å²) in [6.07, 6.45) is 2.81. The van der Waals surface area contributed by atoms with Crippen LogP contribution in [0.1, 0.15) is 43.5 Å². The van der Waals surface area contributed by atoms with Crippen LogP contribution in [-0.2, 0) is 6.42 Å². The molecule has 0 saturated carbocycles. The van der Waals surface area contributed by atoms with Gasteiger partial charge in [0.15, 0.2) is 5.82 Å². The number of aromatic nitrogens is 3. The van der Waals surface area contributed by atoms with Crippen LogP contribution in [0.25, 0.3) is 10.8 Å². The second-order valence-corrected chi connectivity index (χ2v) is 9.27. The molecule has 5 nitrogen and oxygen atoms in total. The molecule has 0 aliphatic carbocycles. The highest BCUT2D eigenvalue weighted by atomic mass is 15.3. The molecule has 168 valence electrons. The molecular weight excluding hydrogens is 406 g/mol. The van der Waals surface area contributed by atoms with Gasteiger partial charge in [-0.15, -0.1) is 5.10 Å². The Balaban J connectivity index is 1.38. The van der Waals surface area contributed by atoms with Gasteiger partial charge in [0.1, 0.15) is 5.82 Å². The minimum atomic E-state index is 0.334. The quantitative estimate of drug-likeness (QED) is 0.415. The summed E-state index contributed by atoms with van der Waals surface area (Å²) in [5, 5.41) is 11.8. The van der Waals surface area contributed by atoms with E-state index in [1.54, 1.807) is 0 Å². The van der Waals surface area contributed by atoms with E-state index >= 15 is 0 Å². The molecule has 33 heavy (non-hydrogen) atoms. The minimum Gasteiger partial charge on any atom is -0.351 e. The molecule has 1 fully saturated rings. The molecule has 0 amide bonds. The second-order valence-electron chi connectivity index (χ2n) is 9.27. The lowest BCUT2D eigenvalue weighted by molar-refractivity contribution is 0.542. The van der Waals surface area contributed by atoms with Gasteiger partial charge in [0.05, 0.1) is 5.69 Å². The molecule has 2 aromatic heterocycles. The molecule has 1 atom stereocenters. The lowest BCUT2D eigenvalue weighted by Crippen LogP contribution is -2.52. The van der Waals surface area contributed by atoms with Crippen molar-refractivity contribution in [2.75, 3.05) is 29.4 Å². The lowest BCUT2D eigenvalue weighted by atomic mass is 10.0. The smallest absolute Gasteiger partial charge is 0.159 e. The summed E-state index contributed by atoms with van der Waals surface area (Å²) in [6, 6.07) is 23.7. The van der Waals surface area contributed by atoms with Gasteiger partial charge in [-0.05, 0) is 30.0 Å². The third-order valence-electron chi connectivity index (χ3n) is 6.62. The predicted molar refractivity (Wildman–Crippen MR) is 136 cm³/mol. The fourth-order valence-electron chi connectivity index (χ4n) is 4.70. The Bertz CT molecular complexity index is 1220. The molecule has 1 aliphatic rings. The highest BCUT2D eigenvalue weighted by Crippen LogP contribution is 2.29. The van der Waals surface area contributed by atoms with Gasteiger partial charge < -0.3 is 9.80 Å². The Hall–Kier alpha value is -3.47. The molecule has 2 aromatic carbocycles. The molecule has 0 bridgehead atoms. The Morgan fingerprint density at radius 1 is 0.879 bits per heavy atom. The number of anilines is 2. The molecular formula is C28H31N5. The average Bonchev–Trinajstić information content (AvgIpc) is 2.85. The van der Waals surface area contributed by atoms with Crippen molar-refractivity contribution in [3.63, 3.8) is 0 Å². The minimum absolute atomic E-state index is 0.334. The lowest BCUT2D eigenvalue weighted by Gasteiger charge is -2.41. The van der Waals surface area contributed by atoms with Gasteiger partial charge in [-0.25, -0.2) is 4.98 Å². The number of fused-ring (bicyclic) bond motifs is 1. The maximum absolute atomic E-state index is 4.75. The van der Waals surface area contributed by atoms with E-state index in [1.165, 1.54) is 21.9 Å². The summed E-state index contributed by atoms with van der Waals surface area (Å²) in [5.41, 5.74) is 3.56. The van der Waals surface area contributed by atoms with Gasteiger partial charge in [-0.2, -0.15) is 5.10 Å². The van der Waals surface area contributed by atoms with E-state index in [1.807, 2.05) is 12.3 Å². The zero-order chi connectivity index (χ0) is 22.8. The fourth-order valence-corrected chi connectivity index (χ4v) is 4.70. The van der Waals surface area contributed by atoms with Crippen molar-refractivity contribution in [2.24, 2.45) is 0 Å². The topological polar surface area (TPSA) is 45.2 Å². The van der Waals surface area contributed by atoms with Crippen molar-refractivity contribution in [2.45, 2.75) is 39.2 Å². The Labute approximate surface area is 196 Å². The van der Waals surface area contributed by atoms with Gasteiger partial charge in [-0.1, -0.05) is 74.5 Å². The molecule has 5 heteroatoms. The molecule has 0 N–H and O–H groups in total. The number of pyridine rings is 1. The van der Waals surface area contributed by atoms with E-state index < -0.39 is 0 Å². The number of benzene rings is 2. The standard InChI is InChI=1S/C28H31N5/c1-20(2)23-13-14-27(29-18-23)33-16-15-32(19-21(33)3)28-25-12-8-7-11-24(25)26(30-31-28)17-22-9-5-4-6-10-22/h4-14,18,20-21H,15-17,19H2,1-3H3. The first kappa shape index (κ1) is 21.4. The first-order valence-corrected chi connectivity index (χ1v) is 11.9. The number of piperazine rings is 1. The van der Waals surface area contributed by atoms with Crippen LogP contribution in [0.2, 0.25) is 0 Å². The third-order valence-corrected chi connectivity index (χ3v) is 6.62. The van der Waals surface area contributed by atoms with Crippen molar-refractivity contribution in [3.8, 4) is 0 Å². The Morgan fingerprint density at radius 2 is 1.64 bits per heavy atom. The molecule has 1 aliphatic heterocycles. The van der Waals surface area contributed by atoms with E-state index in [4.69, 9.17) is 10.1 Å². The summed E-state index contributed by atoms with van der Waals surface area (Å²) in [6.45, 7) is 9.38. The summed E-state index contributed by atoms with van der Waals surface area (Å²) in [4.78, 5) is 9.54. The van der Waals surface area contributed by atoms with E-state index in [0.29, 0.717) is 12.0 Å². The van der Waals surface area contributed by atoms with Crippen molar-refractivity contribution in [1.29, 1.82) is 0 Å². The number of hydrogen-bond acceptors (Lipinski definition) is 5. The summed E-state index contributed by atoms with van der Waals surface area (Å²) in [5.74, 6) is 2.54. The SMILES string of the molecule is CC(C)c1ccc(N2CCN(c3nnc(Cc4ccccc4)c4ccccc34)CC2C)nc1. The summed E-state index contributed by atoms with van der Waals surface area (Å²) < 4.78 is 0. The molecule has 3 heterocycles. The van der Waals surface area contributed by atoms with Crippen LogP contribution in [0.5, 0.6) is 0 Å². The van der Waals surface area contributed by atoms with Gasteiger partial charge in [-0.3, -0.25) is 0 Å². The molecule has 5 rings (SSSR count). The van der Waals surface area contributed by atoms with Crippen molar-refractivity contribution >= 4 is 22.4 Å². The zero-order valence-corrected chi connectivity index (χ0v) is 19.6. The molecule has 0 spiro atoms. The van der Waals surface area contributed by atoms with E-state index in [9.17, 15) is 0 Å². The summed E-state index contributed by atoms with van der Waals surface area (Å²) >= 11 is 0. The van der Waals surface area contributed by atoms with Crippen LogP contribution in [0.15, 0.2) is 72.9 Å². The van der Waals surface area contributed by atoms with E-state index in [0.717, 1.165) is 43.4 Å². The normalized spacial score (nSPS) is 16.5. The van der Waals surface area contributed by atoms with Crippen molar-refractivity contribution < 1.29 is 0 Å². The first-order chi connectivity index (χ1) is 16.1. The second kappa shape index (κ2) is 9.18. The van der Waals surface area contributed by atoms with Crippen LogP contribution in [0.3, 0.4) is 0 Å². The predicted octanol–water partition coefficient (Wildman–Crippen LogP) is 5.45. The van der Waals surface area contributed by atoms with Gasteiger partial charge in [0.2, 0.25) is 0 Å². The van der Waals surface area contributed by atoms with E-state index in [-0.39, 0.29) is 0 Å². The molecule has 1 saturated heterocycles. The van der Waals surface area contributed by atoms with Gasteiger partial charge >= 0.3 is 0 Å². The van der Waals surface area contributed by atoms with Gasteiger partial charge in [0.25, 0.3) is 0 Å². The van der Waals surface area contributed by atoms with Crippen LogP contribution in [0, 0.1) is 0 Å². The zero-order valence-electron chi connectivity index (χ0n) is 19.6. The van der Waals surface area contributed by atoms with Crippen LogP contribution >= 0.6 is 0 Å². The maximum Gasteiger partial charge on any atom is 0.159 e. The highest BCUT2D eigenvalue weighted by Gasteiger charge is 2.27. The van der Waals surface area contributed by atoms with E-state index in [2.05, 4.69) is 96.3 Å². The third kappa shape index (κ3) is 4.40. The monoisotopic (exact) mass is 437 g/mol. The molecule has 0 radical (unpaired) electrons. The van der Waals surface area contributed by atoms with Gasteiger partial charge in [0, 0.05) is 49.1 Å². The van der Waals surface area contributed by atoms with Crippen LogP contribution in [0.4, 0.5) is 11.6 Å². The Morgan fingerprint density at radius 3 is 2.33 bits per heavy atom. The fraction of sp³-hybridized carbons (Fsp3) is 0.321. The number of nitrogens with zero attached hydrogens (tertiary/aromatic N) is 5. The average molecular weight is 438 g/mol. The van der Waals surface area contributed by atoms with Crippen molar-refractivity contribution in [1.82, 2.24) is 15.2 Å². The summed E-state index contributed by atoms with van der Waals surface area (Å²) in [7, 11) is 0. The number of rotatable bonds is 5. The Kier molecular flexibility index (Phi) is 5.95. The molecule has 1 unspecified atom stereocenters. The van der Waals surface area contributed by atoms with Crippen LogP contribution < -0.4 is 9.80 Å². The largest absolute Gasteiger partial charge is 0.351 e. The maximum atomic E-state index is 4.75. The number of hydrogen-bond donors (Lipinski definition) is 0. The molecule has 4 aromatic rings. The van der Waals surface area contributed by atoms with Crippen molar-refractivity contribution in [3.05, 3.63) is 89.7 Å². The highest BCUT2D eigenvalue weighted by molar-refractivity contribution is 5.93.